The van der Waals surface area contributed by atoms with Crippen molar-refractivity contribution >= 4 is 17.8 Å². The Hall–Kier alpha value is -3.23. The molecule has 0 N–H and O–H groups in total. The van der Waals surface area contributed by atoms with E-state index >= 15 is 0 Å². The molecule has 2 atom stereocenters. The largest absolute Gasteiger partial charge is 0.448 e. The van der Waals surface area contributed by atoms with E-state index in [2.05, 4.69) is 24.3 Å². The molecule has 0 aliphatic heterocycles. The lowest BCUT2D eigenvalue weighted by Crippen LogP contribution is -2.59. The second kappa shape index (κ2) is 11.4. The number of fused-ring (bicyclic) bond motifs is 3. The highest BCUT2D eigenvalue weighted by atomic mass is 16.7. The van der Waals surface area contributed by atoms with Crippen LogP contribution in [-0.4, -0.2) is 80.9 Å². The number of carbonyl (C=O) groups excluding carboxylic acids is 3. The quantitative estimate of drug-likeness (QED) is 0.443. The number of rotatable bonds is 10. The predicted octanol–water partition coefficient (Wildman–Crippen LogP) is 4.32. The van der Waals surface area contributed by atoms with E-state index < -0.39 is 35.8 Å². The Morgan fingerprint density at radius 2 is 1.38 bits per heavy atom. The molecule has 0 heterocycles. The van der Waals surface area contributed by atoms with E-state index in [0.717, 1.165) is 22.3 Å². The summed E-state index contributed by atoms with van der Waals surface area (Å²) in [7, 11) is 6.06. The summed E-state index contributed by atoms with van der Waals surface area (Å²) in [6, 6.07) is 14.5. The van der Waals surface area contributed by atoms with Crippen LogP contribution in [0.3, 0.4) is 0 Å². The molecule has 0 bridgehead atoms. The fourth-order valence-electron chi connectivity index (χ4n) is 5.57. The summed E-state index contributed by atoms with van der Waals surface area (Å²) >= 11 is 0. The Morgan fingerprint density at radius 1 is 0.892 bits per heavy atom. The van der Waals surface area contributed by atoms with Crippen molar-refractivity contribution in [2.75, 3.05) is 34.9 Å². The second-order valence-electron chi connectivity index (χ2n) is 10.2. The van der Waals surface area contributed by atoms with Gasteiger partial charge in [-0.15, -0.1) is 0 Å². The number of Topliss-reactive ketones (excluding diaryl/α,β-unsaturated/α-hetero) is 1. The molecule has 0 saturated carbocycles. The van der Waals surface area contributed by atoms with Crippen LogP contribution in [0.4, 0.5) is 4.79 Å². The van der Waals surface area contributed by atoms with E-state index in [-0.39, 0.29) is 18.3 Å². The maximum atomic E-state index is 13.4. The van der Waals surface area contributed by atoms with Crippen LogP contribution in [0.5, 0.6) is 0 Å². The van der Waals surface area contributed by atoms with Crippen LogP contribution in [0.1, 0.15) is 44.7 Å². The molecule has 37 heavy (non-hydrogen) atoms. The zero-order chi connectivity index (χ0) is 27.5. The lowest BCUT2D eigenvalue weighted by Gasteiger charge is -2.43. The van der Waals surface area contributed by atoms with Crippen LogP contribution in [0.15, 0.2) is 48.5 Å². The molecule has 0 saturated heterocycles. The molecule has 1 aliphatic rings. The molecule has 2 amide bonds. The summed E-state index contributed by atoms with van der Waals surface area (Å²) in [6.45, 7) is 6.81. The number of amides is 2. The highest BCUT2D eigenvalue weighted by Gasteiger charge is 2.45. The number of hydrogen-bond acceptors (Lipinski definition) is 6. The minimum Gasteiger partial charge on any atom is -0.448 e. The number of ether oxygens (including phenoxy) is 3. The zero-order valence-electron chi connectivity index (χ0n) is 23.0. The lowest BCUT2D eigenvalue weighted by molar-refractivity contribution is -0.190. The van der Waals surface area contributed by atoms with Crippen LogP contribution in [0, 0.1) is 5.41 Å². The standard InChI is InChI=1S/C29H38N2O6/c1-18(26(33)31(6)25(19(2)32)29(3,4)27(35-7)36-8)30(5)28(34)37-17-24-22-15-11-9-13-20(22)21-14-10-12-16-23(21)24/h9-16,18,24-25,27H,17H2,1-8H3/t18-,25-/m1/s1. The lowest BCUT2D eigenvalue weighted by atomic mass is 9.80. The van der Waals surface area contributed by atoms with Crippen LogP contribution < -0.4 is 0 Å². The van der Waals surface area contributed by atoms with Crippen LogP contribution in [0.2, 0.25) is 0 Å². The molecule has 8 nitrogen and oxygen atoms in total. The van der Waals surface area contributed by atoms with Crippen LogP contribution >= 0.6 is 0 Å². The molecule has 2 aromatic rings. The van der Waals surface area contributed by atoms with E-state index in [1.54, 1.807) is 27.8 Å². The number of nitrogens with zero attached hydrogens (tertiary/aromatic N) is 2. The molecule has 0 fully saturated rings. The van der Waals surface area contributed by atoms with Gasteiger partial charge in [0.1, 0.15) is 12.6 Å². The van der Waals surface area contributed by atoms with Crippen molar-refractivity contribution in [3.63, 3.8) is 0 Å². The molecular weight excluding hydrogens is 472 g/mol. The van der Waals surface area contributed by atoms with E-state index in [1.165, 1.54) is 38.0 Å². The third-order valence-electron chi connectivity index (χ3n) is 7.42. The topological polar surface area (TPSA) is 85.4 Å². The first-order valence-electron chi connectivity index (χ1n) is 12.4. The maximum Gasteiger partial charge on any atom is 0.410 e. The van der Waals surface area contributed by atoms with E-state index in [9.17, 15) is 14.4 Å². The normalized spacial score (nSPS) is 14.5. The fraction of sp³-hybridized carbons (Fsp3) is 0.483. The molecule has 0 unspecified atom stereocenters. The van der Waals surface area contributed by atoms with Crippen molar-refractivity contribution in [3.8, 4) is 11.1 Å². The van der Waals surface area contributed by atoms with Crippen molar-refractivity contribution in [3.05, 3.63) is 59.7 Å². The van der Waals surface area contributed by atoms with Crippen LogP contribution in [0.25, 0.3) is 11.1 Å². The summed E-state index contributed by atoms with van der Waals surface area (Å²) in [5.41, 5.74) is 3.66. The second-order valence-corrected chi connectivity index (χ2v) is 10.2. The van der Waals surface area contributed by atoms with Gasteiger partial charge in [0.15, 0.2) is 12.1 Å². The molecule has 0 aromatic heterocycles. The number of benzene rings is 2. The first kappa shape index (κ1) is 28.3. The Bertz CT molecular complexity index is 1100. The molecule has 0 spiro atoms. The summed E-state index contributed by atoms with van der Waals surface area (Å²) in [6.07, 6.45) is -1.33. The minimum absolute atomic E-state index is 0.0821. The van der Waals surface area contributed by atoms with Gasteiger partial charge in [-0.1, -0.05) is 62.4 Å². The van der Waals surface area contributed by atoms with Crippen molar-refractivity contribution in [1.82, 2.24) is 9.80 Å². The van der Waals surface area contributed by atoms with Gasteiger partial charge >= 0.3 is 6.09 Å². The van der Waals surface area contributed by atoms with E-state index in [1.807, 2.05) is 24.3 Å². The third-order valence-corrected chi connectivity index (χ3v) is 7.42. The molecule has 2 aromatic carbocycles. The SMILES string of the molecule is COC(OC)C(C)(C)[C@@H](C(C)=O)N(C)C(=O)[C@@H](C)N(C)C(=O)OCC1c2ccccc2-c2ccccc21. The average molecular weight is 511 g/mol. The van der Waals surface area contributed by atoms with Gasteiger partial charge in [-0.05, 0) is 36.1 Å². The monoisotopic (exact) mass is 510 g/mol. The maximum absolute atomic E-state index is 13.4. The highest BCUT2D eigenvalue weighted by Crippen LogP contribution is 2.44. The van der Waals surface area contributed by atoms with Crippen molar-refractivity contribution in [2.45, 2.75) is 52.0 Å². The van der Waals surface area contributed by atoms with Gasteiger partial charge < -0.3 is 19.1 Å². The van der Waals surface area contributed by atoms with Gasteiger partial charge in [-0.25, -0.2) is 4.79 Å². The minimum atomic E-state index is -0.859. The molecule has 8 heteroatoms. The first-order chi connectivity index (χ1) is 17.5. The van der Waals surface area contributed by atoms with Gasteiger partial charge in [-0.3, -0.25) is 14.5 Å². The molecule has 3 rings (SSSR count). The molecule has 1 aliphatic carbocycles. The summed E-state index contributed by atoms with van der Waals surface area (Å²) < 4.78 is 16.5. The zero-order valence-corrected chi connectivity index (χ0v) is 23.0. The summed E-state index contributed by atoms with van der Waals surface area (Å²) in [5.74, 6) is -0.687. The van der Waals surface area contributed by atoms with Crippen molar-refractivity contribution in [1.29, 1.82) is 0 Å². The summed E-state index contributed by atoms with van der Waals surface area (Å²) in [5, 5.41) is 0. The summed E-state index contributed by atoms with van der Waals surface area (Å²) in [4.78, 5) is 41.7. The predicted molar refractivity (Wildman–Crippen MR) is 141 cm³/mol. The number of methoxy groups -OCH3 is 2. The van der Waals surface area contributed by atoms with Gasteiger partial charge in [0, 0.05) is 39.6 Å². The Morgan fingerprint density at radius 3 is 1.84 bits per heavy atom. The Balaban J connectivity index is 1.72. The molecule has 200 valence electrons. The van der Waals surface area contributed by atoms with Gasteiger partial charge in [0.2, 0.25) is 5.91 Å². The van der Waals surface area contributed by atoms with Crippen LogP contribution in [-0.2, 0) is 23.8 Å². The van der Waals surface area contributed by atoms with E-state index in [4.69, 9.17) is 14.2 Å². The number of ketones is 1. The molecular formula is C29H38N2O6. The number of carbonyl (C=O) groups is 3. The Kier molecular flexibility index (Phi) is 8.76. The highest BCUT2D eigenvalue weighted by molar-refractivity contribution is 5.91. The first-order valence-corrected chi connectivity index (χ1v) is 12.4. The Labute approximate surface area is 219 Å². The average Bonchev–Trinajstić information content (AvgIpc) is 3.19. The van der Waals surface area contributed by atoms with Gasteiger partial charge in [-0.2, -0.15) is 0 Å². The fourth-order valence-corrected chi connectivity index (χ4v) is 5.57. The number of hydrogen-bond donors (Lipinski definition) is 0. The van der Waals surface area contributed by atoms with Gasteiger partial charge in [0.25, 0.3) is 0 Å². The smallest absolute Gasteiger partial charge is 0.410 e. The number of likely N-dealkylation sites (N-methyl/N-ethyl adjacent to an activating group) is 2. The van der Waals surface area contributed by atoms with Gasteiger partial charge in [0.05, 0.1) is 6.04 Å². The van der Waals surface area contributed by atoms with Crippen molar-refractivity contribution < 1.29 is 28.6 Å². The van der Waals surface area contributed by atoms with Crippen molar-refractivity contribution in [2.24, 2.45) is 5.41 Å². The van der Waals surface area contributed by atoms with E-state index in [0.29, 0.717) is 0 Å². The molecule has 0 radical (unpaired) electrons. The third kappa shape index (κ3) is 5.40.